The van der Waals surface area contributed by atoms with Crippen molar-refractivity contribution >= 4 is 11.6 Å². The highest BCUT2D eigenvalue weighted by atomic mass is 16.2. The van der Waals surface area contributed by atoms with Gasteiger partial charge in [-0.15, -0.1) is 0 Å². The van der Waals surface area contributed by atoms with Crippen LogP contribution in [0.3, 0.4) is 0 Å². The Hall–Kier alpha value is -1.35. The fraction of sp³-hybridized carbons (Fsp3) is 0.533. The van der Waals surface area contributed by atoms with Crippen molar-refractivity contribution in [2.45, 2.75) is 39.0 Å². The lowest BCUT2D eigenvalue weighted by molar-refractivity contribution is -0.120. The lowest BCUT2D eigenvalue weighted by Gasteiger charge is -2.14. The maximum atomic E-state index is 12.0. The predicted molar refractivity (Wildman–Crippen MR) is 74.5 cm³/mol. The molecule has 0 aliphatic heterocycles. The molecule has 0 radical (unpaired) electrons. The molecule has 98 valence electrons. The Bertz CT molecular complexity index is 421. The molecule has 1 amide bonds. The second-order valence-corrected chi connectivity index (χ2v) is 5.37. The first-order valence-electron chi connectivity index (χ1n) is 6.73. The SMILES string of the molecule is CCC(C)c1ccc(NC(=O)C2(CN)CC2)cc1. The van der Waals surface area contributed by atoms with Gasteiger partial charge in [0.2, 0.25) is 5.91 Å². The molecule has 1 aromatic rings. The Kier molecular flexibility index (Phi) is 3.71. The van der Waals surface area contributed by atoms with Crippen LogP contribution in [-0.4, -0.2) is 12.5 Å². The van der Waals surface area contributed by atoms with Gasteiger partial charge in [0, 0.05) is 12.2 Å². The van der Waals surface area contributed by atoms with Gasteiger partial charge in [-0.1, -0.05) is 26.0 Å². The number of amides is 1. The Morgan fingerprint density at radius 1 is 1.39 bits per heavy atom. The van der Waals surface area contributed by atoms with Crippen molar-refractivity contribution < 1.29 is 4.79 Å². The second kappa shape index (κ2) is 5.11. The van der Waals surface area contributed by atoms with E-state index in [9.17, 15) is 4.79 Å². The zero-order chi connectivity index (χ0) is 13.2. The molecule has 0 heterocycles. The molecule has 1 fully saturated rings. The topological polar surface area (TPSA) is 55.1 Å². The zero-order valence-electron chi connectivity index (χ0n) is 11.2. The van der Waals surface area contributed by atoms with Gasteiger partial charge in [0.1, 0.15) is 0 Å². The molecule has 3 N–H and O–H groups in total. The number of benzene rings is 1. The summed E-state index contributed by atoms with van der Waals surface area (Å²) in [5.74, 6) is 0.634. The summed E-state index contributed by atoms with van der Waals surface area (Å²) in [6, 6.07) is 8.13. The van der Waals surface area contributed by atoms with Crippen molar-refractivity contribution in [3.05, 3.63) is 29.8 Å². The molecule has 1 aromatic carbocycles. The summed E-state index contributed by atoms with van der Waals surface area (Å²) < 4.78 is 0. The smallest absolute Gasteiger partial charge is 0.231 e. The minimum absolute atomic E-state index is 0.0706. The van der Waals surface area contributed by atoms with Crippen LogP contribution in [0, 0.1) is 5.41 Å². The van der Waals surface area contributed by atoms with Crippen LogP contribution in [0.25, 0.3) is 0 Å². The van der Waals surface area contributed by atoms with Crippen LogP contribution in [0.4, 0.5) is 5.69 Å². The van der Waals surface area contributed by atoms with E-state index in [4.69, 9.17) is 5.73 Å². The third-order valence-corrected chi connectivity index (χ3v) is 4.08. The number of rotatable bonds is 5. The Balaban J connectivity index is 2.00. The first-order chi connectivity index (χ1) is 8.61. The third-order valence-electron chi connectivity index (χ3n) is 4.08. The van der Waals surface area contributed by atoms with E-state index in [1.54, 1.807) is 0 Å². The van der Waals surface area contributed by atoms with Crippen molar-refractivity contribution in [1.82, 2.24) is 0 Å². The molecule has 0 spiro atoms. The summed E-state index contributed by atoms with van der Waals surface area (Å²) in [5, 5.41) is 2.96. The molecule has 0 bridgehead atoms. The normalized spacial score (nSPS) is 18.2. The van der Waals surface area contributed by atoms with E-state index in [0.29, 0.717) is 12.5 Å². The number of carbonyl (C=O) groups is 1. The largest absolute Gasteiger partial charge is 0.329 e. The van der Waals surface area contributed by atoms with Gasteiger partial charge in [0.15, 0.2) is 0 Å². The summed E-state index contributed by atoms with van der Waals surface area (Å²) in [6.45, 7) is 4.84. The van der Waals surface area contributed by atoms with Gasteiger partial charge >= 0.3 is 0 Å². The first-order valence-corrected chi connectivity index (χ1v) is 6.73. The predicted octanol–water partition coefficient (Wildman–Crippen LogP) is 2.88. The van der Waals surface area contributed by atoms with Crippen LogP contribution in [0.15, 0.2) is 24.3 Å². The van der Waals surface area contributed by atoms with Crippen LogP contribution in [0.1, 0.15) is 44.6 Å². The molecule has 2 rings (SSSR count). The van der Waals surface area contributed by atoms with Crippen molar-refractivity contribution in [1.29, 1.82) is 0 Å². The van der Waals surface area contributed by atoms with Gasteiger partial charge in [-0.2, -0.15) is 0 Å². The molecule has 1 aliphatic carbocycles. The lowest BCUT2D eigenvalue weighted by Crippen LogP contribution is -2.30. The van der Waals surface area contributed by atoms with E-state index in [1.807, 2.05) is 12.1 Å². The van der Waals surface area contributed by atoms with E-state index in [-0.39, 0.29) is 11.3 Å². The minimum Gasteiger partial charge on any atom is -0.329 e. The summed E-state index contributed by atoms with van der Waals surface area (Å²) in [7, 11) is 0. The Morgan fingerprint density at radius 3 is 2.44 bits per heavy atom. The van der Waals surface area contributed by atoms with Gasteiger partial charge < -0.3 is 11.1 Å². The summed E-state index contributed by atoms with van der Waals surface area (Å²) in [4.78, 5) is 12.0. The molecular formula is C15H22N2O. The van der Waals surface area contributed by atoms with Crippen molar-refractivity contribution in [3.63, 3.8) is 0 Å². The zero-order valence-corrected chi connectivity index (χ0v) is 11.2. The van der Waals surface area contributed by atoms with Gasteiger partial charge in [-0.25, -0.2) is 0 Å². The number of nitrogens with two attached hydrogens (primary N) is 1. The highest BCUT2D eigenvalue weighted by Gasteiger charge is 2.48. The minimum atomic E-state index is -0.282. The van der Waals surface area contributed by atoms with Crippen molar-refractivity contribution in [2.24, 2.45) is 11.1 Å². The average Bonchev–Trinajstić information content (AvgIpc) is 3.19. The number of carbonyl (C=O) groups excluding carboxylic acids is 1. The highest BCUT2D eigenvalue weighted by molar-refractivity contribution is 5.97. The van der Waals surface area contributed by atoms with E-state index in [2.05, 4.69) is 31.3 Å². The molecule has 1 unspecified atom stereocenters. The lowest BCUT2D eigenvalue weighted by atomic mass is 9.98. The van der Waals surface area contributed by atoms with Gasteiger partial charge in [-0.3, -0.25) is 4.79 Å². The monoisotopic (exact) mass is 246 g/mol. The molecule has 18 heavy (non-hydrogen) atoms. The maximum absolute atomic E-state index is 12.0. The number of hydrogen-bond acceptors (Lipinski definition) is 2. The van der Waals surface area contributed by atoms with E-state index < -0.39 is 0 Å². The Labute approximate surface area is 109 Å². The summed E-state index contributed by atoms with van der Waals surface area (Å²) >= 11 is 0. The molecule has 1 saturated carbocycles. The first kappa shape index (κ1) is 13.1. The number of hydrogen-bond donors (Lipinski definition) is 2. The van der Waals surface area contributed by atoms with Crippen molar-refractivity contribution in [2.75, 3.05) is 11.9 Å². The van der Waals surface area contributed by atoms with Crippen LogP contribution in [0.2, 0.25) is 0 Å². The number of anilines is 1. The quantitative estimate of drug-likeness (QED) is 0.839. The number of nitrogens with one attached hydrogen (secondary N) is 1. The van der Waals surface area contributed by atoms with Gasteiger partial charge in [0.25, 0.3) is 0 Å². The second-order valence-electron chi connectivity index (χ2n) is 5.37. The highest BCUT2D eigenvalue weighted by Crippen LogP contribution is 2.45. The molecule has 3 heteroatoms. The molecule has 1 aliphatic rings. The molecular weight excluding hydrogens is 224 g/mol. The van der Waals surface area contributed by atoms with Gasteiger partial charge in [-0.05, 0) is 42.9 Å². The van der Waals surface area contributed by atoms with Crippen molar-refractivity contribution in [3.8, 4) is 0 Å². The summed E-state index contributed by atoms with van der Waals surface area (Å²) in [5.41, 5.74) is 7.54. The van der Waals surface area contributed by atoms with Gasteiger partial charge in [0.05, 0.1) is 5.41 Å². The fourth-order valence-corrected chi connectivity index (χ4v) is 2.07. The maximum Gasteiger partial charge on any atom is 0.231 e. The van der Waals surface area contributed by atoms with Crippen LogP contribution >= 0.6 is 0 Å². The average molecular weight is 246 g/mol. The molecule has 0 saturated heterocycles. The molecule has 0 aromatic heterocycles. The van der Waals surface area contributed by atoms with Crippen LogP contribution < -0.4 is 11.1 Å². The molecule has 1 atom stereocenters. The van der Waals surface area contributed by atoms with Crippen LogP contribution in [-0.2, 0) is 4.79 Å². The standard InChI is InChI=1S/C15H22N2O/c1-3-11(2)12-4-6-13(7-5-12)17-14(18)15(10-16)8-9-15/h4-7,11H,3,8-10,16H2,1-2H3,(H,17,18). The summed E-state index contributed by atoms with van der Waals surface area (Å²) in [6.07, 6.45) is 2.96. The molecule has 3 nitrogen and oxygen atoms in total. The third kappa shape index (κ3) is 2.56. The van der Waals surface area contributed by atoms with Crippen LogP contribution in [0.5, 0.6) is 0 Å². The van der Waals surface area contributed by atoms with E-state index in [1.165, 1.54) is 5.56 Å². The van der Waals surface area contributed by atoms with E-state index >= 15 is 0 Å². The fourth-order valence-electron chi connectivity index (χ4n) is 2.07. The Morgan fingerprint density at radius 2 is 2.00 bits per heavy atom. The van der Waals surface area contributed by atoms with E-state index in [0.717, 1.165) is 24.9 Å².